The lowest BCUT2D eigenvalue weighted by atomic mass is 10.1. The first-order valence-corrected chi connectivity index (χ1v) is 4.58. The molecule has 0 aliphatic carbocycles. The third-order valence-electron chi connectivity index (χ3n) is 1.84. The Balaban J connectivity index is 2.44. The molecule has 1 aromatic rings. The monoisotopic (exact) mass is 237 g/mol. The second-order valence-electron chi connectivity index (χ2n) is 3.30. The SMILES string of the molecule is CC(NOCC(F)(F)F)c1cccc(F)c1. The van der Waals surface area contributed by atoms with Gasteiger partial charge in [-0.2, -0.15) is 18.7 Å². The Hall–Kier alpha value is -1.14. The highest BCUT2D eigenvalue weighted by Crippen LogP contribution is 2.16. The van der Waals surface area contributed by atoms with Crippen molar-refractivity contribution in [1.29, 1.82) is 0 Å². The maximum absolute atomic E-state index is 12.8. The van der Waals surface area contributed by atoms with Gasteiger partial charge in [-0.05, 0) is 24.6 Å². The number of hydrogen-bond donors (Lipinski definition) is 1. The van der Waals surface area contributed by atoms with E-state index in [1.165, 1.54) is 18.2 Å². The summed E-state index contributed by atoms with van der Waals surface area (Å²) < 4.78 is 48.0. The van der Waals surface area contributed by atoms with Crippen LogP contribution in [0.1, 0.15) is 18.5 Å². The van der Waals surface area contributed by atoms with E-state index in [1.807, 2.05) is 0 Å². The molecule has 0 aliphatic heterocycles. The molecule has 0 spiro atoms. The van der Waals surface area contributed by atoms with Gasteiger partial charge in [0.05, 0.1) is 6.04 Å². The summed E-state index contributed by atoms with van der Waals surface area (Å²) in [4.78, 5) is 4.26. The Morgan fingerprint density at radius 1 is 1.38 bits per heavy atom. The summed E-state index contributed by atoms with van der Waals surface area (Å²) in [6, 6.07) is 5.05. The first kappa shape index (κ1) is 12.9. The Kier molecular flexibility index (Phi) is 4.26. The van der Waals surface area contributed by atoms with Crippen molar-refractivity contribution in [1.82, 2.24) is 5.48 Å². The normalized spacial score (nSPS) is 13.8. The van der Waals surface area contributed by atoms with E-state index in [4.69, 9.17) is 0 Å². The van der Waals surface area contributed by atoms with Crippen molar-refractivity contribution in [3.63, 3.8) is 0 Å². The highest BCUT2D eigenvalue weighted by Gasteiger charge is 2.28. The van der Waals surface area contributed by atoms with E-state index < -0.39 is 24.6 Å². The fourth-order valence-electron chi connectivity index (χ4n) is 1.09. The van der Waals surface area contributed by atoms with Crippen LogP contribution in [0.3, 0.4) is 0 Å². The summed E-state index contributed by atoms with van der Waals surface area (Å²) in [5.41, 5.74) is 2.71. The van der Waals surface area contributed by atoms with Crippen LogP contribution in [0.15, 0.2) is 24.3 Å². The van der Waals surface area contributed by atoms with Gasteiger partial charge >= 0.3 is 6.18 Å². The van der Waals surface area contributed by atoms with Crippen LogP contribution in [0.5, 0.6) is 0 Å². The van der Waals surface area contributed by atoms with Gasteiger partial charge in [-0.1, -0.05) is 12.1 Å². The molecule has 0 bridgehead atoms. The van der Waals surface area contributed by atoms with Crippen LogP contribution in [0, 0.1) is 5.82 Å². The quantitative estimate of drug-likeness (QED) is 0.642. The molecule has 6 heteroatoms. The zero-order valence-corrected chi connectivity index (χ0v) is 8.51. The van der Waals surface area contributed by atoms with Gasteiger partial charge in [0.15, 0.2) is 6.61 Å². The lowest BCUT2D eigenvalue weighted by molar-refractivity contribution is -0.192. The molecule has 1 N–H and O–H groups in total. The maximum atomic E-state index is 12.8. The molecule has 1 unspecified atom stereocenters. The predicted octanol–water partition coefficient (Wildman–Crippen LogP) is 2.97. The highest BCUT2D eigenvalue weighted by atomic mass is 19.4. The third-order valence-corrected chi connectivity index (χ3v) is 1.84. The summed E-state index contributed by atoms with van der Waals surface area (Å²) >= 11 is 0. The van der Waals surface area contributed by atoms with E-state index in [0.717, 1.165) is 0 Å². The molecule has 0 radical (unpaired) electrons. The van der Waals surface area contributed by atoms with Crippen LogP contribution < -0.4 is 5.48 Å². The number of hydroxylamine groups is 1. The van der Waals surface area contributed by atoms with Gasteiger partial charge in [0.1, 0.15) is 5.82 Å². The Morgan fingerprint density at radius 2 is 2.06 bits per heavy atom. The molecule has 0 saturated heterocycles. The van der Waals surface area contributed by atoms with Gasteiger partial charge in [-0.15, -0.1) is 0 Å². The van der Waals surface area contributed by atoms with Crippen molar-refractivity contribution in [2.24, 2.45) is 0 Å². The number of hydrogen-bond acceptors (Lipinski definition) is 2. The van der Waals surface area contributed by atoms with Crippen molar-refractivity contribution in [3.8, 4) is 0 Å². The lowest BCUT2D eigenvalue weighted by Crippen LogP contribution is -2.26. The average Bonchev–Trinajstić information content (AvgIpc) is 2.15. The van der Waals surface area contributed by atoms with Gasteiger partial charge in [0, 0.05) is 0 Å². The Morgan fingerprint density at radius 3 is 2.62 bits per heavy atom. The molecule has 0 amide bonds. The molecule has 0 saturated carbocycles. The van der Waals surface area contributed by atoms with Crippen molar-refractivity contribution in [2.45, 2.75) is 19.1 Å². The second kappa shape index (κ2) is 5.27. The number of halogens is 4. The third kappa shape index (κ3) is 4.59. The molecule has 0 aromatic heterocycles. The standard InChI is InChI=1S/C10H11F4NO/c1-7(15-16-6-10(12,13)14)8-3-2-4-9(11)5-8/h2-5,7,15H,6H2,1H3. The first-order chi connectivity index (χ1) is 7.38. The van der Waals surface area contributed by atoms with Gasteiger partial charge in [-0.25, -0.2) is 4.39 Å². The van der Waals surface area contributed by atoms with E-state index in [1.54, 1.807) is 13.0 Å². The van der Waals surface area contributed by atoms with E-state index in [-0.39, 0.29) is 0 Å². The zero-order chi connectivity index (χ0) is 12.2. The van der Waals surface area contributed by atoms with E-state index in [0.29, 0.717) is 5.56 Å². The molecule has 1 atom stereocenters. The largest absolute Gasteiger partial charge is 0.413 e. The van der Waals surface area contributed by atoms with Gasteiger partial charge in [0.25, 0.3) is 0 Å². The highest BCUT2D eigenvalue weighted by molar-refractivity contribution is 5.19. The van der Waals surface area contributed by atoms with E-state index in [2.05, 4.69) is 10.3 Å². The molecular weight excluding hydrogens is 226 g/mol. The fourth-order valence-corrected chi connectivity index (χ4v) is 1.09. The smallest absolute Gasteiger partial charge is 0.292 e. The summed E-state index contributed by atoms with van der Waals surface area (Å²) in [6.07, 6.45) is -4.38. The van der Waals surface area contributed by atoms with Crippen LogP contribution >= 0.6 is 0 Å². The number of alkyl halides is 3. The van der Waals surface area contributed by atoms with E-state index >= 15 is 0 Å². The van der Waals surface area contributed by atoms with Crippen molar-refractivity contribution in [3.05, 3.63) is 35.6 Å². The van der Waals surface area contributed by atoms with Crippen LogP contribution in [0.4, 0.5) is 17.6 Å². The molecule has 2 nitrogen and oxygen atoms in total. The maximum Gasteiger partial charge on any atom is 0.413 e. The van der Waals surface area contributed by atoms with Crippen LogP contribution in [-0.4, -0.2) is 12.8 Å². The lowest BCUT2D eigenvalue weighted by Gasteiger charge is -2.15. The topological polar surface area (TPSA) is 21.3 Å². The first-order valence-electron chi connectivity index (χ1n) is 4.58. The van der Waals surface area contributed by atoms with Crippen LogP contribution in [-0.2, 0) is 4.84 Å². The molecule has 0 aliphatic rings. The molecular formula is C10H11F4NO. The van der Waals surface area contributed by atoms with Crippen molar-refractivity contribution >= 4 is 0 Å². The number of rotatable bonds is 4. The Bertz CT molecular complexity index is 340. The van der Waals surface area contributed by atoms with Gasteiger partial charge in [0.2, 0.25) is 0 Å². The summed E-state index contributed by atoms with van der Waals surface area (Å²) in [7, 11) is 0. The van der Waals surface area contributed by atoms with Crippen LogP contribution in [0.25, 0.3) is 0 Å². The Labute approximate surface area is 90.2 Å². The number of benzene rings is 1. The minimum absolute atomic E-state index is 0.443. The minimum atomic E-state index is -4.38. The molecule has 0 fully saturated rings. The van der Waals surface area contributed by atoms with Crippen molar-refractivity contribution in [2.75, 3.05) is 6.61 Å². The van der Waals surface area contributed by atoms with E-state index in [9.17, 15) is 17.6 Å². The summed E-state index contributed by atoms with van der Waals surface area (Å²) in [5.74, 6) is -0.443. The van der Waals surface area contributed by atoms with Gasteiger partial charge < -0.3 is 0 Å². The predicted molar refractivity (Wildman–Crippen MR) is 50.0 cm³/mol. The second-order valence-corrected chi connectivity index (χ2v) is 3.30. The summed E-state index contributed by atoms with van der Waals surface area (Å²) in [5, 5.41) is 0. The summed E-state index contributed by atoms with van der Waals surface area (Å²) in [6.45, 7) is 0.192. The molecule has 90 valence electrons. The molecule has 0 heterocycles. The molecule has 1 rings (SSSR count). The molecule has 16 heavy (non-hydrogen) atoms. The van der Waals surface area contributed by atoms with Crippen LogP contribution in [0.2, 0.25) is 0 Å². The molecule has 1 aromatic carbocycles. The fraction of sp³-hybridized carbons (Fsp3) is 0.400. The zero-order valence-electron chi connectivity index (χ0n) is 8.51. The van der Waals surface area contributed by atoms with Crippen molar-refractivity contribution < 1.29 is 22.4 Å². The minimum Gasteiger partial charge on any atom is -0.292 e. The number of nitrogens with one attached hydrogen (secondary N) is 1. The average molecular weight is 237 g/mol. The van der Waals surface area contributed by atoms with Gasteiger partial charge in [-0.3, -0.25) is 4.84 Å².